The zero-order valence-electron chi connectivity index (χ0n) is 13.3. The fourth-order valence-corrected chi connectivity index (χ4v) is 2.21. The molecule has 2 nitrogen and oxygen atoms in total. The first kappa shape index (κ1) is 16.2. The predicted octanol–water partition coefficient (Wildman–Crippen LogP) is 4.06. The minimum absolute atomic E-state index is 0.220. The Balaban J connectivity index is 2.71. The molecule has 0 fully saturated rings. The molecule has 1 aromatic rings. The molecule has 0 saturated heterocycles. The molecule has 0 aliphatic rings. The Morgan fingerprint density at radius 3 is 2.11 bits per heavy atom. The highest BCUT2D eigenvalue weighted by Crippen LogP contribution is 2.25. The van der Waals surface area contributed by atoms with Crippen molar-refractivity contribution in [3.8, 4) is 0 Å². The van der Waals surface area contributed by atoms with Gasteiger partial charge in [-0.2, -0.15) is 0 Å². The average molecular weight is 263 g/mol. The monoisotopic (exact) mass is 263 g/mol. The van der Waals surface area contributed by atoms with Gasteiger partial charge in [0.15, 0.2) is 0 Å². The quantitative estimate of drug-likeness (QED) is 0.835. The molecule has 0 bridgehead atoms. The standard InChI is InChI=1S/C17H29NO/c1-13(19-6)7-12-16(18-5)14-8-10-15(11-9-14)17(2,3)4/h8-11,13,16,18H,7,12H2,1-6H3. The van der Waals surface area contributed by atoms with Crippen molar-refractivity contribution in [1.29, 1.82) is 0 Å². The largest absolute Gasteiger partial charge is 0.382 e. The highest BCUT2D eigenvalue weighted by Gasteiger charge is 2.15. The summed E-state index contributed by atoms with van der Waals surface area (Å²) >= 11 is 0. The molecule has 0 spiro atoms. The third kappa shape index (κ3) is 4.96. The number of methoxy groups -OCH3 is 1. The van der Waals surface area contributed by atoms with Gasteiger partial charge in [-0.25, -0.2) is 0 Å². The molecule has 0 aliphatic carbocycles. The molecule has 0 radical (unpaired) electrons. The van der Waals surface area contributed by atoms with Gasteiger partial charge in [-0.05, 0) is 43.4 Å². The molecule has 2 unspecified atom stereocenters. The number of nitrogens with one attached hydrogen (secondary N) is 1. The van der Waals surface area contributed by atoms with Gasteiger partial charge in [0.1, 0.15) is 0 Å². The van der Waals surface area contributed by atoms with Crippen LogP contribution in [0.2, 0.25) is 0 Å². The molecule has 19 heavy (non-hydrogen) atoms. The van der Waals surface area contributed by atoms with E-state index in [0.717, 1.165) is 12.8 Å². The number of rotatable bonds is 6. The van der Waals surface area contributed by atoms with Crippen LogP contribution >= 0.6 is 0 Å². The van der Waals surface area contributed by atoms with Gasteiger partial charge >= 0.3 is 0 Å². The Bertz CT molecular complexity index is 364. The van der Waals surface area contributed by atoms with Crippen LogP contribution in [0.1, 0.15) is 57.7 Å². The number of hydrogen-bond donors (Lipinski definition) is 1. The lowest BCUT2D eigenvalue weighted by molar-refractivity contribution is 0.106. The van der Waals surface area contributed by atoms with E-state index in [9.17, 15) is 0 Å². The molecule has 0 aromatic heterocycles. The summed E-state index contributed by atoms with van der Waals surface area (Å²) in [5.74, 6) is 0. The number of ether oxygens (including phenoxy) is 1. The van der Waals surface area contributed by atoms with Crippen LogP contribution in [0.3, 0.4) is 0 Å². The minimum Gasteiger partial charge on any atom is -0.382 e. The van der Waals surface area contributed by atoms with Gasteiger partial charge in [0.2, 0.25) is 0 Å². The second-order valence-electron chi connectivity index (χ2n) is 6.34. The lowest BCUT2D eigenvalue weighted by Gasteiger charge is -2.22. The molecular weight excluding hydrogens is 234 g/mol. The zero-order chi connectivity index (χ0) is 14.5. The van der Waals surface area contributed by atoms with Gasteiger partial charge in [0, 0.05) is 13.2 Å². The van der Waals surface area contributed by atoms with Gasteiger partial charge in [-0.1, -0.05) is 45.0 Å². The molecule has 108 valence electrons. The Morgan fingerprint density at radius 2 is 1.68 bits per heavy atom. The maximum absolute atomic E-state index is 5.32. The SMILES string of the molecule is CNC(CCC(C)OC)c1ccc(C(C)(C)C)cc1. The van der Waals surface area contributed by atoms with Crippen molar-refractivity contribution < 1.29 is 4.74 Å². The third-order valence-corrected chi connectivity index (χ3v) is 3.79. The molecule has 0 aliphatic heterocycles. The van der Waals surface area contributed by atoms with Crippen LogP contribution in [0.15, 0.2) is 24.3 Å². The van der Waals surface area contributed by atoms with Crippen LogP contribution in [0.5, 0.6) is 0 Å². The molecule has 1 rings (SSSR count). The van der Waals surface area contributed by atoms with Crippen molar-refractivity contribution in [2.45, 2.75) is 58.1 Å². The second kappa shape index (κ2) is 7.06. The van der Waals surface area contributed by atoms with E-state index in [1.54, 1.807) is 7.11 Å². The van der Waals surface area contributed by atoms with Gasteiger partial charge in [-0.3, -0.25) is 0 Å². The van der Waals surface area contributed by atoms with Crippen LogP contribution in [0, 0.1) is 0 Å². The van der Waals surface area contributed by atoms with Crippen molar-refractivity contribution in [2.24, 2.45) is 0 Å². The van der Waals surface area contributed by atoms with E-state index in [1.807, 2.05) is 7.05 Å². The van der Waals surface area contributed by atoms with E-state index < -0.39 is 0 Å². The lowest BCUT2D eigenvalue weighted by atomic mass is 9.86. The summed E-state index contributed by atoms with van der Waals surface area (Å²) < 4.78 is 5.32. The summed E-state index contributed by atoms with van der Waals surface area (Å²) in [6.07, 6.45) is 2.49. The van der Waals surface area contributed by atoms with Crippen LogP contribution in [-0.2, 0) is 10.2 Å². The average Bonchev–Trinajstić information content (AvgIpc) is 2.38. The molecule has 2 heteroatoms. The molecule has 0 heterocycles. The van der Waals surface area contributed by atoms with Crippen LogP contribution in [-0.4, -0.2) is 20.3 Å². The Kier molecular flexibility index (Phi) is 6.02. The van der Waals surface area contributed by atoms with Crippen LogP contribution in [0.4, 0.5) is 0 Å². The van der Waals surface area contributed by atoms with E-state index >= 15 is 0 Å². The fraction of sp³-hybridized carbons (Fsp3) is 0.647. The van der Waals surface area contributed by atoms with E-state index in [2.05, 4.69) is 57.3 Å². The van der Waals surface area contributed by atoms with Crippen molar-refractivity contribution in [2.75, 3.05) is 14.2 Å². The zero-order valence-corrected chi connectivity index (χ0v) is 13.3. The van der Waals surface area contributed by atoms with Crippen molar-refractivity contribution in [1.82, 2.24) is 5.32 Å². The lowest BCUT2D eigenvalue weighted by Crippen LogP contribution is -2.19. The van der Waals surface area contributed by atoms with Crippen LogP contribution in [0.25, 0.3) is 0 Å². The maximum atomic E-state index is 5.32. The topological polar surface area (TPSA) is 21.3 Å². The highest BCUT2D eigenvalue weighted by molar-refractivity contribution is 5.29. The first-order chi connectivity index (χ1) is 8.88. The summed E-state index contributed by atoms with van der Waals surface area (Å²) in [6.45, 7) is 8.86. The summed E-state index contributed by atoms with van der Waals surface area (Å²) in [5, 5.41) is 3.40. The smallest absolute Gasteiger partial charge is 0.0543 e. The minimum atomic E-state index is 0.220. The molecular formula is C17H29NO. The first-order valence-corrected chi connectivity index (χ1v) is 7.19. The molecule has 1 N–H and O–H groups in total. The number of hydrogen-bond acceptors (Lipinski definition) is 2. The summed E-state index contributed by atoms with van der Waals surface area (Å²) in [7, 11) is 3.80. The summed E-state index contributed by atoms with van der Waals surface area (Å²) in [4.78, 5) is 0. The van der Waals surface area contributed by atoms with Crippen LogP contribution < -0.4 is 5.32 Å². The molecule has 0 saturated carbocycles. The van der Waals surface area contributed by atoms with E-state index in [0.29, 0.717) is 12.1 Å². The van der Waals surface area contributed by atoms with E-state index in [-0.39, 0.29) is 5.41 Å². The highest BCUT2D eigenvalue weighted by atomic mass is 16.5. The third-order valence-electron chi connectivity index (χ3n) is 3.79. The van der Waals surface area contributed by atoms with Crippen molar-refractivity contribution >= 4 is 0 Å². The Labute approximate surface area is 118 Å². The molecule has 2 atom stereocenters. The Morgan fingerprint density at radius 1 is 1.11 bits per heavy atom. The molecule has 1 aromatic carbocycles. The molecule has 0 amide bonds. The first-order valence-electron chi connectivity index (χ1n) is 7.19. The van der Waals surface area contributed by atoms with E-state index in [1.165, 1.54) is 11.1 Å². The van der Waals surface area contributed by atoms with Gasteiger partial charge in [0.05, 0.1) is 6.10 Å². The van der Waals surface area contributed by atoms with E-state index in [4.69, 9.17) is 4.74 Å². The van der Waals surface area contributed by atoms with Crippen molar-refractivity contribution in [3.63, 3.8) is 0 Å². The fourth-order valence-electron chi connectivity index (χ4n) is 2.21. The summed E-state index contributed by atoms with van der Waals surface area (Å²) in [6, 6.07) is 9.41. The van der Waals surface area contributed by atoms with Gasteiger partial charge < -0.3 is 10.1 Å². The maximum Gasteiger partial charge on any atom is 0.0543 e. The Hall–Kier alpha value is -0.860. The van der Waals surface area contributed by atoms with Gasteiger partial charge in [0.25, 0.3) is 0 Å². The summed E-state index contributed by atoms with van der Waals surface area (Å²) in [5.41, 5.74) is 2.97. The predicted molar refractivity (Wildman–Crippen MR) is 82.6 cm³/mol. The normalized spacial score (nSPS) is 15.3. The second-order valence-corrected chi connectivity index (χ2v) is 6.34. The van der Waals surface area contributed by atoms with Gasteiger partial charge in [-0.15, -0.1) is 0 Å². The van der Waals surface area contributed by atoms with Crippen molar-refractivity contribution in [3.05, 3.63) is 35.4 Å². The number of benzene rings is 1.